The summed E-state index contributed by atoms with van der Waals surface area (Å²) in [6, 6.07) is 7.88. The van der Waals surface area contributed by atoms with Gasteiger partial charge in [-0.3, -0.25) is 9.59 Å². The first-order valence-corrected chi connectivity index (χ1v) is 6.82. The molecule has 0 aromatic heterocycles. The summed E-state index contributed by atoms with van der Waals surface area (Å²) in [7, 11) is 0. The number of carbonyl (C=O) groups is 2. The lowest BCUT2D eigenvalue weighted by Crippen LogP contribution is -2.65. The Bertz CT molecular complexity index is 543. The highest BCUT2D eigenvalue weighted by molar-refractivity contribution is 5.97. The second-order valence-electron chi connectivity index (χ2n) is 5.80. The maximum atomic E-state index is 12.1. The first kappa shape index (κ1) is 13.0. The van der Waals surface area contributed by atoms with Gasteiger partial charge in [0.05, 0.1) is 13.1 Å². The number of ether oxygens (including phenoxy) is 1. The molecule has 0 bridgehead atoms. The van der Waals surface area contributed by atoms with Crippen LogP contribution in [0.15, 0.2) is 24.3 Å². The summed E-state index contributed by atoms with van der Waals surface area (Å²) in [5, 5.41) is 2.62. The van der Waals surface area contributed by atoms with Crippen molar-refractivity contribution in [2.45, 2.75) is 31.9 Å². The molecule has 0 aliphatic carbocycles. The Morgan fingerprint density at radius 3 is 2.85 bits per heavy atom. The number of rotatable bonds is 2. The van der Waals surface area contributed by atoms with E-state index >= 15 is 0 Å². The van der Waals surface area contributed by atoms with Crippen LogP contribution >= 0.6 is 0 Å². The van der Waals surface area contributed by atoms with Crippen LogP contribution < -0.4 is 10.1 Å². The van der Waals surface area contributed by atoms with Crippen LogP contribution in [0.3, 0.4) is 0 Å². The van der Waals surface area contributed by atoms with Crippen LogP contribution in [0.5, 0.6) is 5.75 Å². The molecule has 106 valence electrons. The van der Waals surface area contributed by atoms with Crippen LogP contribution in [-0.2, 0) is 16.0 Å². The molecule has 1 aromatic carbocycles. The first-order valence-electron chi connectivity index (χ1n) is 6.82. The van der Waals surface area contributed by atoms with E-state index in [1.165, 1.54) is 0 Å². The lowest BCUT2D eigenvalue weighted by Gasteiger charge is -2.41. The molecule has 1 saturated heterocycles. The highest BCUT2D eigenvalue weighted by Gasteiger charge is 2.43. The average molecular weight is 274 g/mol. The fourth-order valence-corrected chi connectivity index (χ4v) is 2.79. The second kappa shape index (κ2) is 4.51. The third-order valence-electron chi connectivity index (χ3n) is 4.03. The average Bonchev–Trinajstić information content (AvgIpc) is 2.82. The maximum Gasteiger partial charge on any atom is 0.245 e. The van der Waals surface area contributed by atoms with Gasteiger partial charge in [-0.25, -0.2) is 0 Å². The van der Waals surface area contributed by atoms with Gasteiger partial charge in [-0.15, -0.1) is 0 Å². The van der Waals surface area contributed by atoms with Crippen LogP contribution in [-0.4, -0.2) is 41.4 Å². The molecule has 1 fully saturated rings. The summed E-state index contributed by atoms with van der Waals surface area (Å²) in [5.41, 5.74) is 0.331. The van der Waals surface area contributed by atoms with Crippen molar-refractivity contribution in [3.05, 3.63) is 29.8 Å². The van der Waals surface area contributed by atoms with E-state index in [0.717, 1.165) is 17.7 Å². The summed E-state index contributed by atoms with van der Waals surface area (Å²) >= 11 is 0. The zero-order valence-electron chi connectivity index (χ0n) is 11.7. The third-order valence-corrected chi connectivity index (χ3v) is 4.03. The van der Waals surface area contributed by atoms with Gasteiger partial charge < -0.3 is 15.0 Å². The molecule has 0 radical (unpaired) electrons. The van der Waals surface area contributed by atoms with Crippen molar-refractivity contribution in [2.75, 3.05) is 13.1 Å². The van der Waals surface area contributed by atoms with E-state index < -0.39 is 5.54 Å². The molecular formula is C15H18N2O3. The van der Waals surface area contributed by atoms with Gasteiger partial charge in [0.25, 0.3) is 0 Å². The quantitative estimate of drug-likeness (QED) is 0.865. The zero-order valence-corrected chi connectivity index (χ0v) is 11.7. The molecule has 20 heavy (non-hydrogen) atoms. The van der Waals surface area contributed by atoms with E-state index in [1.54, 1.807) is 18.7 Å². The van der Waals surface area contributed by atoms with Crippen molar-refractivity contribution in [1.29, 1.82) is 0 Å². The SMILES string of the molecule is CC1(C)C(=O)NCC(=O)N1CC1Cc2ccccc2O1. The molecule has 5 nitrogen and oxygen atoms in total. The molecule has 2 amide bonds. The van der Waals surface area contributed by atoms with Crippen LogP contribution in [0.25, 0.3) is 0 Å². The number of hydrogen-bond acceptors (Lipinski definition) is 3. The van der Waals surface area contributed by atoms with Gasteiger partial charge in [0, 0.05) is 6.42 Å². The van der Waals surface area contributed by atoms with Crippen molar-refractivity contribution in [3.8, 4) is 5.75 Å². The number of hydrogen-bond donors (Lipinski definition) is 1. The maximum absolute atomic E-state index is 12.1. The summed E-state index contributed by atoms with van der Waals surface area (Å²) in [5.74, 6) is 0.700. The number of nitrogens with zero attached hydrogens (tertiary/aromatic N) is 1. The Morgan fingerprint density at radius 2 is 2.10 bits per heavy atom. The topological polar surface area (TPSA) is 58.6 Å². The van der Waals surface area contributed by atoms with Gasteiger partial charge in [0.15, 0.2) is 0 Å². The molecule has 2 aliphatic rings. The van der Waals surface area contributed by atoms with Crippen LogP contribution in [0, 0.1) is 0 Å². The van der Waals surface area contributed by atoms with Crippen LogP contribution in [0.4, 0.5) is 0 Å². The highest BCUT2D eigenvalue weighted by Crippen LogP contribution is 2.30. The Labute approximate surface area is 117 Å². The van der Waals surface area contributed by atoms with Crippen molar-refractivity contribution >= 4 is 11.8 Å². The standard InChI is InChI=1S/C15H18N2O3/c1-15(2)14(19)16-8-13(18)17(15)9-11-7-10-5-3-4-6-12(10)20-11/h3-6,11H,7-9H2,1-2H3,(H,16,19). The molecule has 5 heteroatoms. The molecule has 1 unspecified atom stereocenters. The van der Waals surface area contributed by atoms with E-state index in [2.05, 4.69) is 5.32 Å². The van der Waals surface area contributed by atoms with Gasteiger partial charge in [0.1, 0.15) is 17.4 Å². The Kier molecular flexibility index (Phi) is 2.92. The number of carbonyl (C=O) groups excluding carboxylic acids is 2. The Morgan fingerprint density at radius 1 is 1.35 bits per heavy atom. The monoisotopic (exact) mass is 274 g/mol. The fourth-order valence-electron chi connectivity index (χ4n) is 2.79. The summed E-state index contributed by atoms with van der Waals surface area (Å²) in [6.45, 7) is 4.04. The molecule has 1 aromatic rings. The highest BCUT2D eigenvalue weighted by atomic mass is 16.5. The van der Waals surface area contributed by atoms with Gasteiger partial charge >= 0.3 is 0 Å². The smallest absolute Gasteiger partial charge is 0.245 e. The second-order valence-corrected chi connectivity index (χ2v) is 5.80. The molecule has 2 aliphatic heterocycles. The van der Waals surface area contributed by atoms with Crippen molar-refractivity contribution < 1.29 is 14.3 Å². The number of amides is 2. The van der Waals surface area contributed by atoms with E-state index in [-0.39, 0.29) is 24.5 Å². The number of nitrogens with one attached hydrogen (secondary N) is 1. The number of benzene rings is 1. The fraction of sp³-hybridized carbons (Fsp3) is 0.467. The normalized spacial score (nSPS) is 24.1. The van der Waals surface area contributed by atoms with E-state index in [4.69, 9.17) is 4.74 Å². The van der Waals surface area contributed by atoms with Crippen molar-refractivity contribution in [2.24, 2.45) is 0 Å². The molecule has 0 saturated carbocycles. The zero-order chi connectivity index (χ0) is 14.3. The molecule has 3 rings (SSSR count). The minimum absolute atomic E-state index is 0.0610. The molecule has 2 heterocycles. The Hall–Kier alpha value is -2.04. The molecular weight excluding hydrogens is 256 g/mol. The molecule has 0 spiro atoms. The summed E-state index contributed by atoms with van der Waals surface area (Å²) in [4.78, 5) is 25.6. The van der Waals surface area contributed by atoms with Crippen LogP contribution in [0.2, 0.25) is 0 Å². The predicted octanol–water partition coefficient (Wildman–Crippen LogP) is 0.727. The number of para-hydroxylation sites is 1. The minimum atomic E-state index is -0.826. The first-order chi connectivity index (χ1) is 9.48. The third kappa shape index (κ3) is 2.03. The van der Waals surface area contributed by atoms with Gasteiger partial charge in [-0.05, 0) is 25.5 Å². The number of fused-ring (bicyclic) bond motifs is 1. The van der Waals surface area contributed by atoms with Crippen molar-refractivity contribution in [3.63, 3.8) is 0 Å². The summed E-state index contributed by atoms with van der Waals surface area (Å²) in [6.07, 6.45) is 0.694. The van der Waals surface area contributed by atoms with E-state index in [9.17, 15) is 9.59 Å². The van der Waals surface area contributed by atoms with Gasteiger partial charge in [-0.2, -0.15) is 0 Å². The van der Waals surface area contributed by atoms with E-state index in [1.807, 2.05) is 24.3 Å². The van der Waals surface area contributed by atoms with Crippen LogP contribution in [0.1, 0.15) is 19.4 Å². The summed E-state index contributed by atoms with van der Waals surface area (Å²) < 4.78 is 5.86. The Balaban J connectivity index is 1.75. The number of piperazine rings is 1. The molecule has 1 N–H and O–H groups in total. The largest absolute Gasteiger partial charge is 0.488 e. The lowest BCUT2D eigenvalue weighted by atomic mass is 9.97. The predicted molar refractivity (Wildman–Crippen MR) is 73.4 cm³/mol. The van der Waals surface area contributed by atoms with Crippen molar-refractivity contribution in [1.82, 2.24) is 10.2 Å². The molecule has 1 atom stereocenters. The minimum Gasteiger partial charge on any atom is -0.488 e. The van der Waals surface area contributed by atoms with Gasteiger partial charge in [0.2, 0.25) is 11.8 Å². The van der Waals surface area contributed by atoms with Gasteiger partial charge in [-0.1, -0.05) is 18.2 Å². The lowest BCUT2D eigenvalue weighted by molar-refractivity contribution is -0.152. The van der Waals surface area contributed by atoms with E-state index in [0.29, 0.717) is 6.54 Å².